The summed E-state index contributed by atoms with van der Waals surface area (Å²) in [5.41, 5.74) is 0.761. The van der Waals surface area contributed by atoms with E-state index in [1.807, 2.05) is 0 Å². The Morgan fingerprint density at radius 1 is 1.48 bits per heavy atom. The summed E-state index contributed by atoms with van der Waals surface area (Å²) >= 11 is 7.32. The number of methoxy groups -OCH3 is 1. The van der Waals surface area contributed by atoms with Crippen LogP contribution in [-0.2, 0) is 6.54 Å². The molecule has 1 aromatic carbocycles. The molecule has 23 heavy (non-hydrogen) atoms. The number of halogens is 2. The van der Waals surface area contributed by atoms with Crippen molar-refractivity contribution in [3.05, 3.63) is 46.5 Å². The molecule has 0 aliphatic rings. The van der Waals surface area contributed by atoms with Crippen LogP contribution in [0.5, 0.6) is 5.75 Å². The van der Waals surface area contributed by atoms with E-state index in [1.54, 1.807) is 19.4 Å². The Kier molecular flexibility index (Phi) is 5.79. The van der Waals surface area contributed by atoms with Gasteiger partial charge in [-0.1, -0.05) is 29.4 Å². The molecule has 0 fully saturated rings. The number of ether oxygens (including phenoxy) is 1. The fourth-order valence-corrected chi connectivity index (χ4v) is 2.45. The highest BCUT2D eigenvalue weighted by atomic mass is 35.5. The zero-order valence-corrected chi connectivity index (χ0v) is 14.4. The minimum Gasteiger partial charge on any atom is -0.494 e. The maximum absolute atomic E-state index is 13.7. The highest BCUT2D eigenvalue weighted by Crippen LogP contribution is 2.21. The quantitative estimate of drug-likeness (QED) is 0.608. The highest BCUT2D eigenvalue weighted by molar-refractivity contribution is 7.98. The average molecular weight is 356 g/mol. The van der Waals surface area contributed by atoms with Gasteiger partial charge in [0, 0.05) is 13.6 Å². The van der Waals surface area contributed by atoms with Gasteiger partial charge in [0.1, 0.15) is 0 Å². The molecule has 0 radical (unpaired) electrons. The van der Waals surface area contributed by atoms with Gasteiger partial charge in [0.2, 0.25) is 0 Å². The monoisotopic (exact) mass is 355 g/mol. The number of hydrogen-bond acceptors (Lipinski definition) is 5. The Bertz CT molecular complexity index is 730. The first-order valence-corrected chi connectivity index (χ1v) is 8.21. The largest absolute Gasteiger partial charge is 0.494 e. The zero-order chi connectivity index (χ0) is 17.0. The molecule has 0 spiro atoms. The molecule has 5 nitrogen and oxygen atoms in total. The van der Waals surface area contributed by atoms with Gasteiger partial charge >= 0.3 is 0 Å². The first-order chi connectivity index (χ1) is 11.0. The number of carbonyl (C=O) groups excluding carboxylic acids is 1. The van der Waals surface area contributed by atoms with Crippen LogP contribution in [0.1, 0.15) is 16.1 Å². The lowest BCUT2D eigenvalue weighted by Gasteiger charge is -2.18. The van der Waals surface area contributed by atoms with Gasteiger partial charge in [0.05, 0.1) is 18.3 Å². The predicted octanol–water partition coefficient (Wildman–Crippen LogP) is 3.27. The Morgan fingerprint density at radius 3 is 2.83 bits per heavy atom. The fourth-order valence-electron chi connectivity index (χ4n) is 1.93. The van der Waals surface area contributed by atoms with E-state index in [-0.39, 0.29) is 28.9 Å². The summed E-state index contributed by atoms with van der Waals surface area (Å²) in [5, 5.41) is 0.641. The molecule has 2 rings (SSSR count). The topological polar surface area (TPSA) is 55.3 Å². The first kappa shape index (κ1) is 17.5. The van der Waals surface area contributed by atoms with Crippen molar-refractivity contribution in [2.75, 3.05) is 20.4 Å². The third-order valence-corrected chi connectivity index (χ3v) is 3.93. The summed E-state index contributed by atoms with van der Waals surface area (Å²) in [6, 6.07) is 4.55. The van der Waals surface area contributed by atoms with Crippen molar-refractivity contribution < 1.29 is 13.9 Å². The Morgan fingerprint density at radius 2 is 2.22 bits per heavy atom. The second kappa shape index (κ2) is 7.61. The predicted molar refractivity (Wildman–Crippen MR) is 87.6 cm³/mol. The number of rotatable bonds is 5. The molecule has 0 saturated heterocycles. The van der Waals surface area contributed by atoms with Crippen LogP contribution in [-0.4, -0.2) is 41.2 Å². The van der Waals surface area contributed by atoms with E-state index in [4.69, 9.17) is 16.3 Å². The fraction of sp³-hybridized carbons (Fsp3) is 0.267. The maximum atomic E-state index is 13.7. The van der Waals surface area contributed by atoms with E-state index in [9.17, 15) is 9.18 Å². The Hall–Kier alpha value is -1.86. The van der Waals surface area contributed by atoms with Crippen molar-refractivity contribution in [3.8, 4) is 5.75 Å². The molecule has 0 aliphatic carbocycles. The molecule has 0 N–H and O–H groups in total. The van der Waals surface area contributed by atoms with Crippen LogP contribution < -0.4 is 4.74 Å². The van der Waals surface area contributed by atoms with Gasteiger partial charge in [-0.3, -0.25) is 4.79 Å². The lowest BCUT2D eigenvalue weighted by Crippen LogP contribution is -2.27. The summed E-state index contributed by atoms with van der Waals surface area (Å²) in [7, 11) is 3.00. The molecule has 1 heterocycles. The smallest absolute Gasteiger partial charge is 0.274 e. The van der Waals surface area contributed by atoms with Crippen molar-refractivity contribution in [3.63, 3.8) is 0 Å². The molecule has 0 atom stereocenters. The first-order valence-electron chi connectivity index (χ1n) is 6.60. The van der Waals surface area contributed by atoms with Gasteiger partial charge < -0.3 is 9.64 Å². The van der Waals surface area contributed by atoms with E-state index < -0.39 is 5.82 Å². The van der Waals surface area contributed by atoms with Gasteiger partial charge in [0.15, 0.2) is 22.4 Å². The summed E-state index contributed by atoms with van der Waals surface area (Å²) in [6.07, 6.45) is 3.20. The van der Waals surface area contributed by atoms with Gasteiger partial charge in [-0.15, -0.1) is 0 Å². The Balaban J connectivity index is 2.18. The van der Waals surface area contributed by atoms with Gasteiger partial charge in [-0.25, -0.2) is 14.4 Å². The summed E-state index contributed by atoms with van der Waals surface area (Å²) in [5.74, 6) is -0.675. The molecule has 8 heteroatoms. The van der Waals surface area contributed by atoms with E-state index in [0.717, 1.165) is 0 Å². The number of carbonyl (C=O) groups is 1. The zero-order valence-electron chi connectivity index (χ0n) is 12.8. The highest BCUT2D eigenvalue weighted by Gasteiger charge is 2.19. The van der Waals surface area contributed by atoms with Crippen LogP contribution >= 0.6 is 23.4 Å². The number of thioether (sulfide) groups is 1. The normalized spacial score (nSPS) is 10.5. The number of amides is 1. The number of aromatic nitrogens is 2. The molecule has 0 aliphatic heterocycles. The van der Waals surface area contributed by atoms with E-state index in [2.05, 4.69) is 9.97 Å². The van der Waals surface area contributed by atoms with Crippen LogP contribution in [0.15, 0.2) is 29.6 Å². The molecule has 2 aromatic rings. The van der Waals surface area contributed by atoms with Gasteiger partial charge in [0.25, 0.3) is 5.91 Å². The number of nitrogens with zero attached hydrogens (tertiary/aromatic N) is 3. The maximum Gasteiger partial charge on any atom is 0.274 e. The molecular formula is C15H15ClFN3O2S. The summed E-state index contributed by atoms with van der Waals surface area (Å²) in [6.45, 7) is 0.217. The lowest BCUT2D eigenvalue weighted by molar-refractivity contribution is 0.0778. The third-order valence-electron chi connectivity index (χ3n) is 3.09. The minimum atomic E-state index is -0.476. The van der Waals surface area contributed by atoms with E-state index in [1.165, 1.54) is 42.1 Å². The number of hydrogen-bond donors (Lipinski definition) is 0. The molecule has 0 bridgehead atoms. The van der Waals surface area contributed by atoms with Crippen molar-refractivity contribution >= 4 is 29.3 Å². The van der Waals surface area contributed by atoms with Gasteiger partial charge in [-0.2, -0.15) is 0 Å². The number of benzene rings is 1. The van der Waals surface area contributed by atoms with Crippen LogP contribution in [0.4, 0.5) is 4.39 Å². The van der Waals surface area contributed by atoms with E-state index >= 15 is 0 Å². The second-order valence-corrected chi connectivity index (χ2v) is 5.86. The van der Waals surface area contributed by atoms with E-state index in [0.29, 0.717) is 10.7 Å². The van der Waals surface area contributed by atoms with Crippen LogP contribution in [0, 0.1) is 5.82 Å². The molecule has 1 amide bonds. The van der Waals surface area contributed by atoms with Crippen molar-refractivity contribution in [2.45, 2.75) is 11.7 Å². The molecule has 0 unspecified atom stereocenters. The van der Waals surface area contributed by atoms with Crippen molar-refractivity contribution in [2.24, 2.45) is 0 Å². The van der Waals surface area contributed by atoms with Crippen molar-refractivity contribution in [1.82, 2.24) is 14.9 Å². The average Bonchev–Trinajstić information content (AvgIpc) is 2.55. The van der Waals surface area contributed by atoms with Crippen molar-refractivity contribution in [1.29, 1.82) is 0 Å². The second-order valence-electron chi connectivity index (χ2n) is 4.68. The van der Waals surface area contributed by atoms with Crippen LogP contribution in [0.25, 0.3) is 0 Å². The molecule has 122 valence electrons. The van der Waals surface area contributed by atoms with Crippen LogP contribution in [0.3, 0.4) is 0 Å². The Labute approximate surface area is 142 Å². The SMILES string of the molecule is COc1ccc(CN(C)C(=O)c2nc(SC)ncc2Cl)cc1F. The van der Waals surface area contributed by atoms with Gasteiger partial charge in [-0.05, 0) is 24.0 Å². The molecular weight excluding hydrogens is 341 g/mol. The third kappa shape index (κ3) is 4.11. The minimum absolute atomic E-state index is 0.127. The standard InChI is InChI=1S/C15H15ClFN3O2S/c1-20(8-9-4-5-12(22-2)11(17)6-9)14(21)13-10(16)7-18-15(19-13)23-3/h4-7H,8H2,1-3H3. The molecule has 0 saturated carbocycles. The summed E-state index contributed by atoms with van der Waals surface area (Å²) < 4.78 is 18.6. The summed E-state index contributed by atoms with van der Waals surface area (Å²) in [4.78, 5) is 22.0. The molecule has 1 aromatic heterocycles. The lowest BCUT2D eigenvalue weighted by atomic mass is 10.2. The van der Waals surface area contributed by atoms with Crippen LogP contribution in [0.2, 0.25) is 5.02 Å².